The van der Waals surface area contributed by atoms with Gasteiger partial charge in [-0.1, -0.05) is 17.7 Å². The number of nitrogens with zero attached hydrogens (tertiary/aromatic N) is 5. The van der Waals surface area contributed by atoms with Gasteiger partial charge in [0.15, 0.2) is 17.0 Å². The van der Waals surface area contributed by atoms with E-state index in [2.05, 4.69) is 15.0 Å². The van der Waals surface area contributed by atoms with Crippen molar-refractivity contribution in [1.82, 2.24) is 19.5 Å². The Balaban J connectivity index is 1.93. The predicted octanol–water partition coefficient (Wildman–Crippen LogP) is 1.78. The van der Waals surface area contributed by atoms with Crippen LogP contribution in [0.5, 0.6) is 0 Å². The summed E-state index contributed by atoms with van der Waals surface area (Å²) in [4.78, 5) is 14.6. The number of hydrogen-bond donors (Lipinski definition) is 2. The van der Waals surface area contributed by atoms with Gasteiger partial charge in [0.05, 0.1) is 30.6 Å². The molecule has 0 aliphatic rings. The van der Waals surface area contributed by atoms with Crippen molar-refractivity contribution in [3.8, 4) is 0 Å². The van der Waals surface area contributed by atoms with Crippen LogP contribution in [0.2, 0.25) is 5.02 Å². The molecule has 3 rings (SSSR count). The molecule has 0 aliphatic carbocycles. The molecule has 9 heteroatoms. The quantitative estimate of drug-likeness (QED) is 0.692. The van der Waals surface area contributed by atoms with Gasteiger partial charge in [-0.3, -0.25) is 0 Å². The Hall–Kier alpha value is -2.29. The maximum Gasteiger partial charge on any atom is 0.165 e. The molecular weight excluding hydrogens is 349 g/mol. The number of aromatic nitrogens is 4. The third kappa shape index (κ3) is 3.41. The summed E-state index contributed by atoms with van der Waals surface area (Å²) in [6, 6.07) is 4.11. The van der Waals surface area contributed by atoms with Gasteiger partial charge >= 0.3 is 0 Å². The lowest BCUT2D eigenvalue weighted by Crippen LogP contribution is -2.19. The second-order valence-electron chi connectivity index (χ2n) is 5.64. The first-order valence-corrected chi connectivity index (χ1v) is 7.97. The van der Waals surface area contributed by atoms with E-state index in [1.54, 1.807) is 10.6 Å². The Morgan fingerprint density at radius 3 is 2.68 bits per heavy atom. The van der Waals surface area contributed by atoms with Crippen molar-refractivity contribution < 1.29 is 14.6 Å². The zero-order chi connectivity index (χ0) is 18.0. The molecule has 2 N–H and O–H groups in total. The molecule has 2 aromatic heterocycles. The number of aliphatic hydroxyl groups is 2. The molecule has 0 saturated carbocycles. The standard InChI is InChI=1S/C16H17ClFN5O2/c1-22(5-10-2-3-12(17)13(18)4-10)15-14-16(20-8-19-15)23(9-21-14)11(6-24)7-25/h2-4,8-9,11,24-25H,5-7H2,1H3. The molecule has 0 fully saturated rings. The molecule has 2 heterocycles. The molecular formula is C16H17ClFN5O2. The third-order valence-corrected chi connectivity index (χ3v) is 4.23. The maximum absolute atomic E-state index is 13.6. The maximum atomic E-state index is 13.6. The first-order chi connectivity index (χ1) is 12.0. The summed E-state index contributed by atoms with van der Waals surface area (Å²) in [5, 5.41) is 18.8. The summed E-state index contributed by atoms with van der Waals surface area (Å²) in [7, 11) is 1.81. The van der Waals surface area contributed by atoms with E-state index in [0.29, 0.717) is 23.5 Å². The molecule has 0 bridgehead atoms. The van der Waals surface area contributed by atoms with Crippen LogP contribution >= 0.6 is 11.6 Å². The molecule has 0 unspecified atom stereocenters. The van der Waals surface area contributed by atoms with E-state index in [0.717, 1.165) is 5.56 Å². The lowest BCUT2D eigenvalue weighted by atomic mass is 10.2. The van der Waals surface area contributed by atoms with Crippen molar-refractivity contribution in [2.45, 2.75) is 12.6 Å². The second kappa shape index (κ2) is 7.30. The molecule has 0 spiro atoms. The average Bonchev–Trinajstić information content (AvgIpc) is 3.03. The topological polar surface area (TPSA) is 87.3 Å². The number of halogens is 2. The van der Waals surface area contributed by atoms with Crippen LogP contribution in [0.25, 0.3) is 11.2 Å². The summed E-state index contributed by atoms with van der Waals surface area (Å²) < 4.78 is 15.2. The summed E-state index contributed by atoms with van der Waals surface area (Å²) in [6.07, 6.45) is 2.90. The van der Waals surface area contributed by atoms with Crippen molar-refractivity contribution in [2.24, 2.45) is 0 Å². The zero-order valence-corrected chi connectivity index (χ0v) is 14.2. The fourth-order valence-electron chi connectivity index (χ4n) is 2.61. The Morgan fingerprint density at radius 2 is 2.00 bits per heavy atom. The highest BCUT2D eigenvalue weighted by Gasteiger charge is 2.18. The van der Waals surface area contributed by atoms with E-state index in [4.69, 9.17) is 11.6 Å². The summed E-state index contributed by atoms with van der Waals surface area (Å²) in [5.41, 5.74) is 1.78. The molecule has 3 aromatic rings. The molecule has 25 heavy (non-hydrogen) atoms. The van der Waals surface area contributed by atoms with Gasteiger partial charge in [0.2, 0.25) is 0 Å². The second-order valence-corrected chi connectivity index (χ2v) is 6.05. The van der Waals surface area contributed by atoms with Gasteiger partial charge < -0.3 is 19.7 Å². The Labute approximate surface area is 148 Å². The summed E-state index contributed by atoms with van der Waals surface area (Å²) in [5.74, 6) is 0.0900. The highest BCUT2D eigenvalue weighted by atomic mass is 35.5. The third-order valence-electron chi connectivity index (χ3n) is 3.92. The van der Waals surface area contributed by atoms with E-state index < -0.39 is 11.9 Å². The largest absolute Gasteiger partial charge is 0.394 e. The Bertz CT molecular complexity index is 884. The molecule has 7 nitrogen and oxygen atoms in total. The fourth-order valence-corrected chi connectivity index (χ4v) is 2.72. The van der Waals surface area contributed by atoms with Gasteiger partial charge in [0.25, 0.3) is 0 Å². The lowest BCUT2D eigenvalue weighted by Gasteiger charge is -2.19. The predicted molar refractivity (Wildman–Crippen MR) is 92.0 cm³/mol. The first-order valence-electron chi connectivity index (χ1n) is 7.59. The number of imidazole rings is 1. The Morgan fingerprint density at radius 1 is 1.24 bits per heavy atom. The van der Waals surface area contributed by atoms with Crippen molar-refractivity contribution in [3.63, 3.8) is 0 Å². The minimum absolute atomic E-state index is 0.0774. The molecule has 0 amide bonds. The molecule has 0 saturated heterocycles. The van der Waals surface area contributed by atoms with Crippen molar-refractivity contribution in [1.29, 1.82) is 0 Å². The smallest absolute Gasteiger partial charge is 0.165 e. The van der Waals surface area contributed by atoms with E-state index >= 15 is 0 Å². The van der Waals surface area contributed by atoms with Crippen LogP contribution in [0.4, 0.5) is 10.2 Å². The molecule has 1 aromatic carbocycles. The molecule has 0 radical (unpaired) electrons. The van der Waals surface area contributed by atoms with Crippen molar-refractivity contribution in [2.75, 3.05) is 25.2 Å². The number of fused-ring (bicyclic) bond motifs is 1. The number of hydrogen-bond acceptors (Lipinski definition) is 6. The van der Waals surface area contributed by atoms with Crippen LogP contribution in [-0.2, 0) is 6.54 Å². The lowest BCUT2D eigenvalue weighted by molar-refractivity contribution is 0.156. The van der Waals surface area contributed by atoms with Gasteiger partial charge in [-0.15, -0.1) is 0 Å². The SMILES string of the molecule is CN(Cc1ccc(Cl)c(F)c1)c1ncnc2c1ncn2C(CO)CO. The van der Waals surface area contributed by atoms with Crippen LogP contribution in [0, 0.1) is 5.82 Å². The molecule has 0 atom stereocenters. The van der Waals surface area contributed by atoms with Crippen LogP contribution in [-0.4, -0.2) is 50.0 Å². The normalized spacial score (nSPS) is 11.4. The highest BCUT2D eigenvalue weighted by molar-refractivity contribution is 6.30. The van der Waals surface area contributed by atoms with Crippen molar-refractivity contribution >= 4 is 28.6 Å². The number of aliphatic hydroxyl groups excluding tert-OH is 2. The molecule has 132 valence electrons. The minimum atomic E-state index is -0.525. The number of anilines is 1. The van der Waals surface area contributed by atoms with Crippen LogP contribution in [0.1, 0.15) is 11.6 Å². The number of benzene rings is 1. The van der Waals surface area contributed by atoms with Crippen molar-refractivity contribution in [3.05, 3.63) is 47.3 Å². The average molecular weight is 366 g/mol. The Kier molecular flexibility index (Phi) is 5.12. The fraction of sp³-hybridized carbons (Fsp3) is 0.312. The van der Waals surface area contributed by atoms with E-state index in [1.807, 2.05) is 11.9 Å². The van der Waals surface area contributed by atoms with Gasteiger partial charge in [-0.05, 0) is 17.7 Å². The van der Waals surface area contributed by atoms with Crippen LogP contribution < -0.4 is 4.90 Å². The first kappa shape index (κ1) is 17.5. The number of rotatable bonds is 6. The van der Waals surface area contributed by atoms with Gasteiger partial charge in [0.1, 0.15) is 12.1 Å². The highest BCUT2D eigenvalue weighted by Crippen LogP contribution is 2.24. The monoisotopic (exact) mass is 365 g/mol. The minimum Gasteiger partial charge on any atom is -0.394 e. The van der Waals surface area contributed by atoms with Crippen LogP contribution in [0.15, 0.2) is 30.9 Å². The van der Waals surface area contributed by atoms with Gasteiger partial charge in [0, 0.05) is 13.6 Å². The van der Waals surface area contributed by atoms with E-state index in [-0.39, 0.29) is 18.2 Å². The van der Waals surface area contributed by atoms with Gasteiger partial charge in [-0.2, -0.15) is 0 Å². The van der Waals surface area contributed by atoms with Gasteiger partial charge in [-0.25, -0.2) is 19.3 Å². The molecule has 0 aliphatic heterocycles. The van der Waals surface area contributed by atoms with E-state index in [1.165, 1.54) is 24.8 Å². The summed E-state index contributed by atoms with van der Waals surface area (Å²) in [6.45, 7) is -0.0706. The zero-order valence-electron chi connectivity index (χ0n) is 13.5. The summed E-state index contributed by atoms with van der Waals surface area (Å²) >= 11 is 5.71. The van der Waals surface area contributed by atoms with E-state index in [9.17, 15) is 14.6 Å². The van der Waals surface area contributed by atoms with Crippen LogP contribution in [0.3, 0.4) is 0 Å².